The molecule has 0 aliphatic heterocycles. The van der Waals surface area contributed by atoms with E-state index in [9.17, 15) is 48.9 Å². The molecule has 2 heterocycles. The molecule has 20 aliphatic carbocycles. The molecule has 137 heavy (non-hydrogen) atoms. The molecule has 2 aromatic rings. The molecule has 0 amide bonds. The average molecular weight is 1960 g/mol. The summed E-state index contributed by atoms with van der Waals surface area (Å²) in [5.74, 6) is 18.4. The Morgan fingerprint density at radius 3 is 1.08 bits per heavy atom. The van der Waals surface area contributed by atoms with Gasteiger partial charge in [-0.2, -0.15) is 20.7 Å². The Morgan fingerprint density at radius 1 is 0.387 bits per heavy atom. The number of fused-ring (bicyclic) bond motifs is 25. The molecule has 19 saturated carbocycles. The van der Waals surface area contributed by atoms with Crippen LogP contribution in [0.3, 0.4) is 0 Å². The number of halogens is 1. The van der Waals surface area contributed by atoms with Crippen molar-refractivity contribution in [1.82, 2.24) is 20.0 Å². The third-order valence-electron chi connectivity index (χ3n) is 47.4. The van der Waals surface area contributed by atoms with Crippen molar-refractivity contribution >= 4 is 56.4 Å². The molecule has 0 aromatic carbocycles. The number of nitriles is 2. The molecule has 0 unspecified atom stereocenters. The standard InChI is InChI=1S/C26H37N3O2.C22H35BrO2.C22H36O2.C21H32O2.C21H30O2.C4H3N3.4CH4/c1-24(31)10-11-25(2)18(12-24)4-5-19-20-6-7-22(26(20,3)9-8-21(19)25)23(30)16-29-15-17(13-27)14-28-29;1-20(25)10-11-21(2)14(12-20)4-5-15-16-6-7-18(19(24)13-23)22(16,3)9-8-17(15)21;1-14(23)17-7-8-18-16-6-5-15-13-20(2,24)11-12-21(15,3)19(16)9-10-22(17,18)4;2*1-13(22)17-6-7-18-16-5-4-14-12-15(23)8-10-20(14,2)19(16)9-11-21(17,18)3;5-1-4-2-6-7-3-4;;;;/h14-15,18-22,31H,4-12,16H2,1-3H3;14-18,25H,4-13H2,1-3H3;15-19,24H,5-13H2,1-4H3;14,16-19H,4-12H2,1-3H3;12,16-19H,4-11H2,1-3H3;2-3H,(H,6,7);4*1H4/t18-,19+,20+,21+,22-,24-,25+,26+;14-,15+,16+,17+,18-,20-,21+,22+;15-,16+,17-,18+,19+,20-,21+,22-;14-,16+,17-,18+,19+,20+,21-;16-,17+,18-,19-,20-,21+;;;;;/m11110...../s1. The van der Waals surface area contributed by atoms with E-state index in [0.29, 0.717) is 126 Å². The molecule has 0 radical (unpaired) electrons. The molecule has 2 aromatic heterocycles. The smallest absolute Gasteiger partial charge is 0.157 e. The average Bonchev–Trinajstić information content (AvgIpc) is 1.71. The highest BCUT2D eigenvalue weighted by Gasteiger charge is 2.68. The number of allylic oxidation sites excluding steroid dienone is 1. The van der Waals surface area contributed by atoms with Gasteiger partial charge in [-0.15, -0.1) is 0 Å². The fourth-order valence-corrected chi connectivity index (χ4v) is 40.5. The van der Waals surface area contributed by atoms with E-state index >= 15 is 0 Å². The molecule has 20 aliphatic rings. The first-order valence-corrected chi connectivity index (χ1v) is 55.7. The largest absolute Gasteiger partial charge is 0.390 e. The molecule has 0 saturated heterocycles. The fraction of sp³-hybridized carbons (Fsp3) is 0.858. The number of hydrogen-bond acceptors (Lipinski definition) is 14. The lowest BCUT2D eigenvalue weighted by molar-refractivity contribution is -0.151. The molecular formula is C120H189BrN6O10. The van der Waals surface area contributed by atoms with Crippen LogP contribution in [0.15, 0.2) is 36.4 Å². The lowest BCUT2D eigenvalue weighted by Gasteiger charge is -2.61. The SMILES string of the molecule is C.C.C.C.CC(=O)[C@H]1CC[C@H]2[C@@H]3CCC4=CC(=O)CC[C@]4(C)[C@H]3CC[C@]12C.CC(=O)[C@H]1CC[C@H]2[C@@H]3CC[C@@H]4CC(=O)CC[C@]4(C)[C@H]3CC[C@]12C.CC(=O)[C@H]1CC[C@H]2[C@@H]3CC[C@@H]4C[C@](C)(O)CC[C@]4(C)[C@H]3CC[C@]12C.C[C@@]1(O)CC[C@@]2(C)[C@H](CC[C@@H]3[C@@H]2CC[C@]2(C)[C@@H](C(=O)CBr)CC[C@@H]32)C1.C[C@@]1(O)CC[C@@]2(C)[C@H](CC[C@@H]3[C@@H]2CC[C@]2(C)[C@@H](C(=O)Cn4cc(C#N)cn4)CC[C@@H]32)C1.N#Cc1cn[nH]c1. The van der Waals surface area contributed by atoms with Gasteiger partial charge in [0.1, 0.15) is 41.1 Å². The number of Topliss-reactive ketones (excluding diaryl/α,β-unsaturated/α-hetero) is 6. The molecule has 766 valence electrons. The van der Waals surface area contributed by atoms with E-state index < -0.39 is 16.8 Å². The van der Waals surface area contributed by atoms with Crippen molar-refractivity contribution in [2.24, 2.45) is 196 Å². The quantitative estimate of drug-likeness (QED) is 0.179. The summed E-state index contributed by atoms with van der Waals surface area (Å²) in [5, 5.41) is 59.8. The minimum atomic E-state index is -0.483. The number of hydrogen-bond donors (Lipinski definition) is 4. The Balaban J connectivity index is 0.000000141. The van der Waals surface area contributed by atoms with Crippen LogP contribution in [0, 0.1) is 219 Å². The van der Waals surface area contributed by atoms with Gasteiger partial charge in [-0.25, -0.2) is 0 Å². The van der Waals surface area contributed by atoms with Crippen molar-refractivity contribution in [2.75, 3.05) is 5.33 Å². The van der Waals surface area contributed by atoms with Crippen molar-refractivity contribution in [2.45, 2.75) is 446 Å². The van der Waals surface area contributed by atoms with E-state index in [-0.39, 0.29) is 80.6 Å². The zero-order chi connectivity index (χ0) is 95.3. The first kappa shape index (κ1) is 109. The van der Waals surface area contributed by atoms with Crippen LogP contribution in [0.4, 0.5) is 0 Å². The maximum Gasteiger partial charge on any atom is 0.157 e. The van der Waals surface area contributed by atoms with E-state index in [2.05, 4.69) is 107 Å². The first-order chi connectivity index (χ1) is 62.7. The predicted octanol–water partition coefficient (Wildman–Crippen LogP) is 27.4. The Kier molecular flexibility index (Phi) is 32.4. The Bertz CT molecular complexity index is 4800. The van der Waals surface area contributed by atoms with Crippen LogP contribution in [0.5, 0.6) is 0 Å². The molecule has 37 atom stereocenters. The molecule has 4 N–H and O–H groups in total. The number of aromatic amines is 1. The summed E-state index contributed by atoms with van der Waals surface area (Å²) in [4.78, 5) is 86.1. The molecule has 22 rings (SSSR count). The molecule has 16 nitrogen and oxygen atoms in total. The van der Waals surface area contributed by atoms with Crippen molar-refractivity contribution in [3.05, 3.63) is 47.6 Å². The van der Waals surface area contributed by atoms with Gasteiger partial charge >= 0.3 is 0 Å². The molecule has 17 heteroatoms. The zero-order valence-corrected chi connectivity index (χ0v) is 86.7. The van der Waals surface area contributed by atoms with Gasteiger partial charge in [0.05, 0.1) is 52.2 Å². The van der Waals surface area contributed by atoms with Crippen LogP contribution >= 0.6 is 15.9 Å². The number of aromatic nitrogens is 4. The van der Waals surface area contributed by atoms with E-state index in [1.54, 1.807) is 30.2 Å². The second kappa shape index (κ2) is 40.5. The number of aliphatic hydroxyl groups is 3. The number of rotatable bonds is 8. The van der Waals surface area contributed by atoms with Crippen LogP contribution in [0.2, 0.25) is 0 Å². The topological polar surface area (TPSA) is 274 Å². The Labute approximate surface area is 838 Å². The summed E-state index contributed by atoms with van der Waals surface area (Å²) in [6.45, 7) is 36.5. The number of carbonyl (C=O) groups is 7. The zero-order valence-electron chi connectivity index (χ0n) is 85.1. The van der Waals surface area contributed by atoms with Gasteiger partial charge in [-0.05, 0) is 477 Å². The lowest BCUT2D eigenvalue weighted by atomic mass is 9.44. The maximum atomic E-state index is 13.3. The number of ketones is 7. The van der Waals surface area contributed by atoms with Crippen molar-refractivity contribution in [3.8, 4) is 12.1 Å². The van der Waals surface area contributed by atoms with Crippen LogP contribution in [0.25, 0.3) is 0 Å². The van der Waals surface area contributed by atoms with Gasteiger partial charge in [0.2, 0.25) is 0 Å². The van der Waals surface area contributed by atoms with Crippen LogP contribution < -0.4 is 0 Å². The summed E-state index contributed by atoms with van der Waals surface area (Å²) < 4.78 is 1.64. The summed E-state index contributed by atoms with van der Waals surface area (Å²) in [7, 11) is 0. The summed E-state index contributed by atoms with van der Waals surface area (Å²) >= 11 is 3.43. The number of nitrogens with one attached hydrogen (secondary N) is 1. The maximum absolute atomic E-state index is 13.3. The minimum absolute atomic E-state index is 0. The van der Waals surface area contributed by atoms with E-state index in [1.807, 2.05) is 46.8 Å². The minimum Gasteiger partial charge on any atom is -0.390 e. The van der Waals surface area contributed by atoms with Crippen LogP contribution in [-0.2, 0) is 40.1 Å². The highest BCUT2D eigenvalue weighted by molar-refractivity contribution is 9.09. The van der Waals surface area contributed by atoms with Gasteiger partial charge in [-0.1, -0.05) is 120 Å². The lowest BCUT2D eigenvalue weighted by Crippen LogP contribution is -2.55. The second-order valence-corrected chi connectivity index (χ2v) is 53.9. The van der Waals surface area contributed by atoms with Gasteiger partial charge in [0.15, 0.2) is 11.6 Å². The van der Waals surface area contributed by atoms with Gasteiger partial charge in [-0.3, -0.25) is 43.3 Å². The first-order valence-electron chi connectivity index (χ1n) is 54.6. The summed E-state index contributed by atoms with van der Waals surface area (Å²) in [6, 6.07) is 4.01. The van der Waals surface area contributed by atoms with E-state index in [0.717, 1.165) is 205 Å². The Hall–Kier alpha value is -4.81. The van der Waals surface area contributed by atoms with E-state index in [4.69, 9.17) is 10.5 Å². The van der Waals surface area contributed by atoms with Gasteiger partial charge in [0, 0.05) is 61.2 Å². The number of nitrogens with zero attached hydrogens (tertiary/aromatic N) is 5. The fourth-order valence-electron chi connectivity index (χ4n) is 40.1. The van der Waals surface area contributed by atoms with Crippen molar-refractivity contribution < 1.29 is 48.9 Å². The van der Waals surface area contributed by atoms with Crippen LogP contribution in [-0.4, -0.2) is 97.9 Å². The number of alkyl halides is 1. The number of H-pyrrole nitrogens is 1. The van der Waals surface area contributed by atoms with Crippen LogP contribution in [0.1, 0.15) is 434 Å². The molecule has 0 bridgehead atoms. The van der Waals surface area contributed by atoms with Gasteiger partial charge in [0.25, 0.3) is 0 Å². The second-order valence-electron chi connectivity index (χ2n) is 53.4. The summed E-state index contributed by atoms with van der Waals surface area (Å²) in [5.41, 5.74) is 4.16. The highest BCUT2D eigenvalue weighted by atomic mass is 79.9. The van der Waals surface area contributed by atoms with Gasteiger partial charge < -0.3 is 15.3 Å². The highest BCUT2D eigenvalue weighted by Crippen LogP contribution is 2.75. The molecule has 19 fully saturated rings. The third-order valence-corrected chi connectivity index (χ3v) is 47.9. The monoisotopic (exact) mass is 1950 g/mol. The third kappa shape index (κ3) is 19.3. The molecule has 0 spiro atoms. The Morgan fingerprint density at radius 2 is 0.730 bits per heavy atom. The number of carbonyl (C=O) groups excluding carboxylic acids is 7. The van der Waals surface area contributed by atoms with Crippen molar-refractivity contribution in [1.29, 1.82) is 10.5 Å². The van der Waals surface area contributed by atoms with E-state index in [1.165, 1.54) is 172 Å². The normalized spacial score (nSPS) is 48.0. The molecular weight excluding hydrogens is 1770 g/mol. The predicted molar refractivity (Wildman–Crippen MR) is 551 cm³/mol. The van der Waals surface area contributed by atoms with Crippen molar-refractivity contribution in [3.63, 3.8) is 0 Å². The summed E-state index contributed by atoms with van der Waals surface area (Å²) in [6.07, 6.45) is 59.1.